The number of hydrogen-bond acceptors (Lipinski definition) is 4. The number of likely N-dealkylation sites (tertiary alicyclic amines) is 1. The molecule has 0 spiro atoms. The fourth-order valence-electron chi connectivity index (χ4n) is 3.16. The van der Waals surface area contributed by atoms with Crippen LogP contribution in [-0.4, -0.2) is 58.7 Å². The molecule has 2 aliphatic rings. The van der Waals surface area contributed by atoms with E-state index in [1.165, 1.54) is 12.8 Å². The predicted molar refractivity (Wildman–Crippen MR) is 61.1 cm³/mol. The molecular formula is C12H23NO3. The highest BCUT2D eigenvalue weighted by Crippen LogP contribution is 2.38. The first kappa shape index (κ1) is 12.3. The molecule has 0 aromatic rings. The monoisotopic (exact) mass is 229 g/mol. The van der Waals surface area contributed by atoms with E-state index in [-0.39, 0.29) is 19.3 Å². The molecular weight excluding hydrogens is 206 g/mol. The molecule has 2 fully saturated rings. The predicted octanol–water partition coefficient (Wildman–Crippen LogP) is -0.0334. The van der Waals surface area contributed by atoms with Gasteiger partial charge in [-0.3, -0.25) is 4.90 Å². The van der Waals surface area contributed by atoms with Crippen molar-refractivity contribution in [2.45, 2.75) is 44.2 Å². The highest BCUT2D eigenvalue weighted by molar-refractivity contribution is 4.94. The van der Waals surface area contributed by atoms with Crippen molar-refractivity contribution in [1.29, 1.82) is 0 Å². The number of aliphatic hydroxyl groups is 3. The molecule has 0 aromatic heterocycles. The minimum absolute atomic E-state index is 0.0206. The Morgan fingerprint density at radius 1 is 1.12 bits per heavy atom. The zero-order chi connectivity index (χ0) is 11.6. The summed E-state index contributed by atoms with van der Waals surface area (Å²) in [5.74, 6) is 0. The van der Waals surface area contributed by atoms with Crippen molar-refractivity contribution < 1.29 is 15.3 Å². The number of nitrogens with zero attached hydrogens (tertiary/aromatic N) is 1. The van der Waals surface area contributed by atoms with Crippen LogP contribution >= 0.6 is 0 Å². The van der Waals surface area contributed by atoms with E-state index in [0.29, 0.717) is 6.42 Å². The maximum absolute atomic E-state index is 10.2. The topological polar surface area (TPSA) is 63.9 Å². The molecule has 2 rings (SSSR count). The smallest absolute Gasteiger partial charge is 0.0702 e. The summed E-state index contributed by atoms with van der Waals surface area (Å²) >= 11 is 0. The van der Waals surface area contributed by atoms with Crippen LogP contribution in [0.4, 0.5) is 0 Å². The maximum Gasteiger partial charge on any atom is 0.0702 e. The van der Waals surface area contributed by atoms with Gasteiger partial charge in [0.25, 0.3) is 0 Å². The van der Waals surface area contributed by atoms with Crippen LogP contribution in [0.25, 0.3) is 0 Å². The maximum atomic E-state index is 10.2. The minimum atomic E-state index is -0.449. The Morgan fingerprint density at radius 3 is 2.25 bits per heavy atom. The van der Waals surface area contributed by atoms with Crippen molar-refractivity contribution in [2.75, 3.05) is 26.3 Å². The summed E-state index contributed by atoms with van der Waals surface area (Å²) in [7, 11) is 0. The molecule has 2 atom stereocenters. The molecule has 1 saturated heterocycles. The average Bonchev–Trinajstić information content (AvgIpc) is 2.82. The first-order valence-electron chi connectivity index (χ1n) is 6.35. The number of hydrogen-bond donors (Lipinski definition) is 3. The van der Waals surface area contributed by atoms with Crippen molar-refractivity contribution in [3.63, 3.8) is 0 Å². The third-order valence-corrected chi connectivity index (χ3v) is 4.34. The van der Waals surface area contributed by atoms with Crippen LogP contribution in [-0.2, 0) is 0 Å². The zero-order valence-electron chi connectivity index (χ0n) is 9.81. The zero-order valence-corrected chi connectivity index (χ0v) is 9.81. The van der Waals surface area contributed by atoms with E-state index in [2.05, 4.69) is 4.90 Å². The molecule has 1 aliphatic heterocycles. The van der Waals surface area contributed by atoms with Crippen LogP contribution < -0.4 is 0 Å². The second-order valence-electron chi connectivity index (χ2n) is 5.44. The lowest BCUT2D eigenvalue weighted by Crippen LogP contribution is -2.50. The summed E-state index contributed by atoms with van der Waals surface area (Å²) in [6.45, 7) is 2.14. The van der Waals surface area contributed by atoms with Crippen molar-refractivity contribution >= 4 is 0 Å². The molecule has 4 heteroatoms. The fraction of sp³-hybridized carbons (Fsp3) is 1.00. The van der Waals surface area contributed by atoms with Gasteiger partial charge in [-0.05, 0) is 45.2 Å². The largest absolute Gasteiger partial charge is 0.396 e. The third kappa shape index (κ3) is 2.25. The molecule has 0 amide bonds. The van der Waals surface area contributed by atoms with Gasteiger partial charge in [-0.15, -0.1) is 0 Å². The SMILES string of the molecule is OCC1(CO)CC[C@@H](N2CCCC2)[C@H](O)C1. The Balaban J connectivity index is 1.96. The molecule has 1 aliphatic carbocycles. The van der Waals surface area contributed by atoms with E-state index in [1.54, 1.807) is 0 Å². The van der Waals surface area contributed by atoms with Gasteiger partial charge in [0.2, 0.25) is 0 Å². The van der Waals surface area contributed by atoms with Gasteiger partial charge in [-0.2, -0.15) is 0 Å². The molecule has 94 valence electrons. The fourth-order valence-corrected chi connectivity index (χ4v) is 3.16. The van der Waals surface area contributed by atoms with Crippen LogP contribution in [0, 0.1) is 5.41 Å². The molecule has 0 radical (unpaired) electrons. The molecule has 16 heavy (non-hydrogen) atoms. The van der Waals surface area contributed by atoms with Crippen LogP contribution in [0.3, 0.4) is 0 Å². The second kappa shape index (κ2) is 5.00. The van der Waals surface area contributed by atoms with Gasteiger partial charge in [0.05, 0.1) is 19.3 Å². The molecule has 0 bridgehead atoms. The first-order valence-corrected chi connectivity index (χ1v) is 6.35. The van der Waals surface area contributed by atoms with Gasteiger partial charge < -0.3 is 15.3 Å². The Kier molecular flexibility index (Phi) is 3.85. The Hall–Kier alpha value is -0.160. The van der Waals surface area contributed by atoms with Crippen molar-refractivity contribution in [1.82, 2.24) is 4.90 Å². The summed E-state index contributed by atoms with van der Waals surface area (Å²) in [6, 6.07) is 0.244. The van der Waals surface area contributed by atoms with E-state index in [9.17, 15) is 15.3 Å². The van der Waals surface area contributed by atoms with Gasteiger partial charge >= 0.3 is 0 Å². The molecule has 3 N–H and O–H groups in total. The van der Waals surface area contributed by atoms with Gasteiger partial charge in [-0.25, -0.2) is 0 Å². The summed E-state index contributed by atoms with van der Waals surface area (Å²) < 4.78 is 0. The number of aliphatic hydroxyl groups excluding tert-OH is 3. The Morgan fingerprint density at radius 2 is 1.75 bits per heavy atom. The lowest BCUT2D eigenvalue weighted by Gasteiger charge is -2.43. The van der Waals surface area contributed by atoms with Gasteiger partial charge in [-0.1, -0.05) is 0 Å². The Labute approximate surface area is 96.9 Å². The van der Waals surface area contributed by atoms with Crippen LogP contribution in [0.2, 0.25) is 0 Å². The molecule has 1 saturated carbocycles. The lowest BCUT2D eigenvalue weighted by atomic mass is 9.72. The summed E-state index contributed by atoms with van der Waals surface area (Å²) in [5.41, 5.74) is -0.449. The van der Waals surface area contributed by atoms with E-state index in [0.717, 1.165) is 25.9 Å². The highest BCUT2D eigenvalue weighted by atomic mass is 16.3. The summed E-state index contributed by atoms with van der Waals surface area (Å²) in [6.07, 6.45) is 4.30. The van der Waals surface area contributed by atoms with E-state index >= 15 is 0 Å². The average molecular weight is 229 g/mol. The normalized spacial score (nSPS) is 35.4. The van der Waals surface area contributed by atoms with Crippen LogP contribution in [0.5, 0.6) is 0 Å². The molecule has 4 nitrogen and oxygen atoms in total. The van der Waals surface area contributed by atoms with Crippen molar-refractivity contribution in [3.8, 4) is 0 Å². The highest BCUT2D eigenvalue weighted by Gasteiger charge is 2.41. The molecule has 0 unspecified atom stereocenters. The van der Waals surface area contributed by atoms with Gasteiger partial charge in [0.1, 0.15) is 0 Å². The quantitative estimate of drug-likeness (QED) is 0.636. The van der Waals surface area contributed by atoms with Gasteiger partial charge in [0.15, 0.2) is 0 Å². The minimum Gasteiger partial charge on any atom is -0.396 e. The lowest BCUT2D eigenvalue weighted by molar-refractivity contribution is -0.0643. The van der Waals surface area contributed by atoms with E-state index in [4.69, 9.17) is 0 Å². The Bertz CT molecular complexity index is 224. The first-order chi connectivity index (χ1) is 7.71. The van der Waals surface area contributed by atoms with Crippen LogP contribution in [0.15, 0.2) is 0 Å². The number of rotatable bonds is 3. The van der Waals surface area contributed by atoms with Crippen molar-refractivity contribution in [3.05, 3.63) is 0 Å². The van der Waals surface area contributed by atoms with E-state index < -0.39 is 11.5 Å². The standard InChI is InChI=1S/C12H23NO3/c14-8-12(9-15)4-3-10(11(16)7-12)13-5-1-2-6-13/h10-11,14-16H,1-9H2/t10-,11-/m1/s1. The molecule has 0 aromatic carbocycles. The second-order valence-corrected chi connectivity index (χ2v) is 5.44. The van der Waals surface area contributed by atoms with Crippen molar-refractivity contribution in [2.24, 2.45) is 5.41 Å². The van der Waals surface area contributed by atoms with Crippen LogP contribution in [0.1, 0.15) is 32.1 Å². The summed E-state index contributed by atoms with van der Waals surface area (Å²) in [5, 5.41) is 28.8. The van der Waals surface area contributed by atoms with E-state index in [1.807, 2.05) is 0 Å². The third-order valence-electron chi connectivity index (χ3n) is 4.34. The molecule has 1 heterocycles. The van der Waals surface area contributed by atoms with Gasteiger partial charge in [0, 0.05) is 11.5 Å². The summed E-state index contributed by atoms with van der Waals surface area (Å²) in [4.78, 5) is 2.36.